The van der Waals surface area contributed by atoms with Crippen LogP contribution in [-0.4, -0.2) is 25.9 Å². The van der Waals surface area contributed by atoms with E-state index in [1.54, 1.807) is 0 Å². The third kappa shape index (κ3) is 3.68. The SMILES string of the molecule is O=S(=O)(O)Oc1c2c(c(OS(=O)(=O)O)c3c1C1C[C@H]3c3cc4c(cc31)[C@@H]1CC4c3ccccc31)C1C[C@H](C2)c2cc3c(cc21)[C@@H]1CC3c2ccccc21. The van der Waals surface area contributed by atoms with Crippen LogP contribution >= 0.6 is 0 Å². The average molecular weight is 741 g/mol. The van der Waals surface area contributed by atoms with Crippen LogP contribution in [0, 0.1) is 0 Å². The van der Waals surface area contributed by atoms with E-state index < -0.39 is 20.8 Å². The molecule has 8 aliphatic carbocycles. The Bertz CT molecular complexity index is 2840. The first-order valence-corrected chi connectivity index (χ1v) is 21.3. The molecule has 0 saturated heterocycles. The highest BCUT2D eigenvalue weighted by atomic mass is 32.3. The van der Waals surface area contributed by atoms with Gasteiger partial charge in [-0.05, 0) is 105 Å². The second-order valence-corrected chi connectivity index (χ2v) is 18.6. The molecule has 13 rings (SSSR count). The van der Waals surface area contributed by atoms with Gasteiger partial charge in [0.25, 0.3) is 0 Å². The lowest BCUT2D eigenvalue weighted by Gasteiger charge is -2.33. The third-order valence-corrected chi connectivity index (χ3v) is 15.3. The number of rotatable bonds is 4. The van der Waals surface area contributed by atoms with Crippen molar-refractivity contribution in [1.29, 1.82) is 0 Å². The number of hydrogen-bond acceptors (Lipinski definition) is 6. The zero-order valence-electron chi connectivity index (χ0n) is 28.2. The molecular formula is C43H32O8S2. The summed E-state index contributed by atoms with van der Waals surface area (Å²) < 4.78 is 82.9. The van der Waals surface area contributed by atoms with Gasteiger partial charge in [0, 0.05) is 63.7 Å². The molecule has 2 N–H and O–H groups in total. The Labute approximate surface area is 306 Å². The smallest absolute Gasteiger partial charge is 0.361 e. The van der Waals surface area contributed by atoms with E-state index in [0.29, 0.717) is 65.2 Å². The molecule has 8 nitrogen and oxygen atoms in total. The summed E-state index contributed by atoms with van der Waals surface area (Å²) >= 11 is 0. The number of benzene rings is 5. The Kier molecular flexibility index (Phi) is 5.31. The average Bonchev–Trinajstić information content (AvgIpc) is 3.99. The van der Waals surface area contributed by atoms with Crippen molar-refractivity contribution in [2.75, 3.05) is 0 Å². The minimum atomic E-state index is -4.98. The second kappa shape index (κ2) is 9.41. The fourth-order valence-electron chi connectivity index (χ4n) is 13.0. The molecule has 264 valence electrons. The summed E-state index contributed by atoms with van der Waals surface area (Å²) in [5, 5.41) is 0. The lowest BCUT2D eigenvalue weighted by atomic mass is 9.73. The molecule has 5 aromatic carbocycles. The Morgan fingerprint density at radius 1 is 0.434 bits per heavy atom. The molecule has 4 unspecified atom stereocenters. The van der Waals surface area contributed by atoms with Gasteiger partial charge in [-0.1, -0.05) is 72.8 Å². The minimum absolute atomic E-state index is 0.0346. The van der Waals surface area contributed by atoms with Crippen LogP contribution in [0.2, 0.25) is 0 Å². The molecule has 0 saturated carbocycles. The maximum absolute atomic E-state index is 12.8. The van der Waals surface area contributed by atoms with Crippen molar-refractivity contribution in [3.8, 4) is 11.5 Å². The van der Waals surface area contributed by atoms with Gasteiger partial charge in [-0.15, -0.1) is 0 Å². The molecule has 53 heavy (non-hydrogen) atoms. The van der Waals surface area contributed by atoms with Crippen molar-refractivity contribution in [3.63, 3.8) is 0 Å². The van der Waals surface area contributed by atoms with Crippen molar-refractivity contribution in [1.82, 2.24) is 0 Å². The predicted molar refractivity (Wildman–Crippen MR) is 194 cm³/mol. The minimum Gasteiger partial charge on any atom is -0.361 e. The van der Waals surface area contributed by atoms with Gasteiger partial charge in [0.1, 0.15) is 0 Å². The summed E-state index contributed by atoms with van der Waals surface area (Å²) in [6.07, 6.45) is 3.72. The Morgan fingerprint density at radius 3 is 1.26 bits per heavy atom. The van der Waals surface area contributed by atoms with Crippen LogP contribution in [0.15, 0.2) is 72.8 Å². The fourth-order valence-corrected chi connectivity index (χ4v) is 13.8. The highest BCUT2D eigenvalue weighted by Gasteiger charge is 2.54. The van der Waals surface area contributed by atoms with Crippen molar-refractivity contribution in [2.45, 2.75) is 79.4 Å². The van der Waals surface area contributed by atoms with Gasteiger partial charge >= 0.3 is 20.8 Å². The van der Waals surface area contributed by atoms with E-state index >= 15 is 0 Å². The van der Waals surface area contributed by atoms with E-state index in [4.69, 9.17) is 8.37 Å². The molecular weight excluding hydrogens is 709 g/mol. The zero-order valence-corrected chi connectivity index (χ0v) is 29.9. The van der Waals surface area contributed by atoms with Gasteiger partial charge < -0.3 is 8.37 Å². The van der Waals surface area contributed by atoms with Crippen LogP contribution in [0.5, 0.6) is 11.5 Å². The maximum Gasteiger partial charge on any atom is 0.446 e. The lowest BCUT2D eigenvalue weighted by Crippen LogP contribution is -2.22. The van der Waals surface area contributed by atoms with Crippen LogP contribution in [0.3, 0.4) is 0 Å². The van der Waals surface area contributed by atoms with E-state index in [9.17, 15) is 25.9 Å². The van der Waals surface area contributed by atoms with Gasteiger partial charge in [-0.3, -0.25) is 9.11 Å². The van der Waals surface area contributed by atoms with Gasteiger partial charge in [0.2, 0.25) is 0 Å². The molecule has 0 amide bonds. The largest absolute Gasteiger partial charge is 0.446 e. The van der Waals surface area contributed by atoms with Crippen molar-refractivity contribution >= 4 is 20.8 Å². The van der Waals surface area contributed by atoms with Gasteiger partial charge in [0.05, 0.1) is 0 Å². The summed E-state index contributed by atoms with van der Waals surface area (Å²) in [6.45, 7) is 0. The van der Waals surface area contributed by atoms with E-state index in [-0.39, 0.29) is 35.2 Å². The van der Waals surface area contributed by atoms with E-state index in [1.165, 1.54) is 50.1 Å². The zero-order chi connectivity index (χ0) is 35.4. The van der Waals surface area contributed by atoms with Gasteiger partial charge in [-0.25, -0.2) is 0 Å². The fraction of sp³-hybridized carbons (Fsp3) is 0.302. The quantitative estimate of drug-likeness (QED) is 0.177. The standard InChI is InChI=1S/C43H32O8S2/c44-52(45,46)50-42-38-10-18-9-35(28-14-30-25-12-24(29(30)11-23(18)28)19-5-1-2-6-20(19)25)39(38)43(51-53(47,48)49)41-37-17-36(40(41)42)33-15-31-26-13-27(32(31)16-34(33)37)22-8-4-3-7-21(22)26/h1-8,11,14-16,18,24-27,35-37H,9-10,12-13,17H2,(H,44,45,46)(H,47,48,49)/t18-,24?,25-,26-,27?,35?,36?,37+/m1/s1. The van der Waals surface area contributed by atoms with E-state index in [0.717, 1.165) is 29.5 Å². The third-order valence-electron chi connectivity index (χ3n) is 14.6. The highest BCUT2D eigenvalue weighted by Crippen LogP contribution is 2.69. The first kappa shape index (κ1) is 29.9. The van der Waals surface area contributed by atoms with Crippen LogP contribution in [0.25, 0.3) is 0 Å². The summed E-state index contributed by atoms with van der Waals surface area (Å²) in [6, 6.07) is 26.5. The molecule has 0 aliphatic heterocycles. The molecule has 5 aromatic rings. The molecule has 8 bridgehead atoms. The molecule has 0 aromatic heterocycles. The van der Waals surface area contributed by atoms with Gasteiger partial charge in [0.15, 0.2) is 11.5 Å². The first-order chi connectivity index (χ1) is 25.5. The van der Waals surface area contributed by atoms with E-state index in [1.807, 2.05) is 0 Å². The Balaban J connectivity index is 1.03. The first-order valence-electron chi connectivity index (χ1n) is 18.6. The maximum atomic E-state index is 12.8. The van der Waals surface area contributed by atoms with Crippen molar-refractivity contribution < 1.29 is 34.3 Å². The Morgan fingerprint density at radius 2 is 0.792 bits per heavy atom. The number of hydrogen-bond donors (Lipinski definition) is 2. The normalized spacial score (nSPS) is 28.9. The Hall–Kier alpha value is -4.48. The predicted octanol–water partition coefficient (Wildman–Crippen LogP) is 8.17. The summed E-state index contributed by atoms with van der Waals surface area (Å²) in [5.74, 6) is 0.519. The number of fused-ring (bicyclic) bond motifs is 31. The lowest BCUT2D eigenvalue weighted by molar-refractivity contribution is 0.371. The summed E-state index contributed by atoms with van der Waals surface area (Å²) in [4.78, 5) is 0. The molecule has 10 heteroatoms. The highest BCUT2D eigenvalue weighted by molar-refractivity contribution is 7.81. The van der Waals surface area contributed by atoms with Crippen LogP contribution in [-0.2, 0) is 27.2 Å². The molecule has 8 atom stereocenters. The molecule has 0 spiro atoms. The second-order valence-electron chi connectivity index (χ2n) is 16.6. The summed E-state index contributed by atoms with van der Waals surface area (Å²) in [5.41, 5.74) is 17.3. The van der Waals surface area contributed by atoms with Gasteiger partial charge in [-0.2, -0.15) is 16.8 Å². The van der Waals surface area contributed by atoms with Crippen molar-refractivity contribution in [2.24, 2.45) is 0 Å². The monoisotopic (exact) mass is 740 g/mol. The van der Waals surface area contributed by atoms with Crippen molar-refractivity contribution in [3.05, 3.63) is 162 Å². The molecule has 0 heterocycles. The van der Waals surface area contributed by atoms with Crippen LogP contribution in [0.1, 0.15) is 162 Å². The molecule has 0 fully saturated rings. The topological polar surface area (TPSA) is 127 Å². The molecule has 0 radical (unpaired) electrons. The van der Waals surface area contributed by atoms with Crippen LogP contribution in [0.4, 0.5) is 0 Å². The van der Waals surface area contributed by atoms with E-state index in [2.05, 4.69) is 72.8 Å². The summed E-state index contributed by atoms with van der Waals surface area (Å²) in [7, 11) is -9.94. The molecule has 8 aliphatic rings. The van der Waals surface area contributed by atoms with Crippen LogP contribution < -0.4 is 8.37 Å².